The molecule has 0 bridgehead atoms. The summed E-state index contributed by atoms with van der Waals surface area (Å²) in [4.78, 5) is 31.8. The monoisotopic (exact) mass is 361 g/mol. The van der Waals surface area contributed by atoms with Gasteiger partial charge in [0.1, 0.15) is 11.4 Å². The maximum absolute atomic E-state index is 12.6. The zero-order valence-corrected chi connectivity index (χ0v) is 16.4. The van der Waals surface area contributed by atoms with Crippen LogP contribution >= 0.6 is 0 Å². The van der Waals surface area contributed by atoms with E-state index in [1.165, 1.54) is 0 Å². The van der Waals surface area contributed by atoms with Crippen LogP contribution in [0.1, 0.15) is 71.4 Å². The van der Waals surface area contributed by atoms with Crippen molar-refractivity contribution in [2.75, 3.05) is 18.0 Å². The Morgan fingerprint density at radius 1 is 1.38 bits per heavy atom. The number of amides is 2. The van der Waals surface area contributed by atoms with Crippen molar-refractivity contribution in [3.05, 3.63) is 23.9 Å². The summed E-state index contributed by atoms with van der Waals surface area (Å²) < 4.78 is 5.52. The van der Waals surface area contributed by atoms with Crippen molar-refractivity contribution >= 4 is 18.3 Å². The number of hydrogen-bond donors (Lipinski definition) is 0. The van der Waals surface area contributed by atoms with Gasteiger partial charge in [-0.15, -0.1) is 0 Å². The lowest BCUT2D eigenvalue weighted by atomic mass is 9.97. The third kappa shape index (κ3) is 5.44. The van der Waals surface area contributed by atoms with E-state index in [9.17, 15) is 9.59 Å². The standard InChI is InChI=1S/C20H31N3O3/c1-5-6-13-23(19(25)26-20(2,3)4)18-11-10-16(14-21-18)17-9-7-8-12-22(17)15-24/h10-11,14-15,17H,5-9,12-13H2,1-4H3/t17-/m0/s1. The lowest BCUT2D eigenvalue weighted by Crippen LogP contribution is -2.38. The van der Waals surface area contributed by atoms with Crippen molar-refractivity contribution in [2.24, 2.45) is 0 Å². The molecule has 2 rings (SSSR count). The van der Waals surface area contributed by atoms with Crippen LogP contribution < -0.4 is 4.90 Å². The number of likely N-dealkylation sites (tertiary alicyclic amines) is 1. The molecule has 26 heavy (non-hydrogen) atoms. The first-order valence-electron chi connectivity index (χ1n) is 9.53. The Bertz CT molecular complexity index is 595. The highest BCUT2D eigenvalue weighted by molar-refractivity contribution is 5.86. The molecule has 1 atom stereocenters. The molecule has 1 aliphatic rings. The fourth-order valence-corrected chi connectivity index (χ4v) is 3.12. The van der Waals surface area contributed by atoms with E-state index in [1.807, 2.05) is 37.8 Å². The lowest BCUT2D eigenvalue weighted by Gasteiger charge is -2.33. The van der Waals surface area contributed by atoms with Crippen LogP contribution in [0.5, 0.6) is 0 Å². The number of pyridine rings is 1. The normalized spacial score (nSPS) is 17.7. The van der Waals surface area contributed by atoms with Crippen LogP contribution in [0.3, 0.4) is 0 Å². The molecule has 1 fully saturated rings. The zero-order valence-electron chi connectivity index (χ0n) is 16.4. The summed E-state index contributed by atoms with van der Waals surface area (Å²) in [5.74, 6) is 0.588. The van der Waals surface area contributed by atoms with Gasteiger partial charge in [0.2, 0.25) is 6.41 Å². The molecule has 1 saturated heterocycles. The molecule has 0 aromatic carbocycles. The van der Waals surface area contributed by atoms with Gasteiger partial charge < -0.3 is 9.64 Å². The van der Waals surface area contributed by atoms with Gasteiger partial charge in [-0.25, -0.2) is 9.78 Å². The van der Waals surface area contributed by atoms with E-state index < -0.39 is 5.60 Å². The van der Waals surface area contributed by atoms with Gasteiger partial charge in [-0.3, -0.25) is 9.69 Å². The molecule has 0 saturated carbocycles. The molecule has 1 aromatic heterocycles. The topological polar surface area (TPSA) is 62.7 Å². The molecule has 1 aromatic rings. The third-order valence-electron chi connectivity index (χ3n) is 4.46. The third-order valence-corrected chi connectivity index (χ3v) is 4.46. The van der Waals surface area contributed by atoms with Gasteiger partial charge >= 0.3 is 6.09 Å². The van der Waals surface area contributed by atoms with Crippen LogP contribution in [0, 0.1) is 0 Å². The largest absolute Gasteiger partial charge is 0.443 e. The minimum absolute atomic E-state index is 0.0772. The Balaban J connectivity index is 2.18. The second kappa shape index (κ2) is 9.01. The summed E-state index contributed by atoms with van der Waals surface area (Å²) >= 11 is 0. The van der Waals surface area contributed by atoms with E-state index in [4.69, 9.17) is 4.74 Å². The summed E-state index contributed by atoms with van der Waals surface area (Å²) in [6.45, 7) is 9.02. The van der Waals surface area contributed by atoms with E-state index in [0.717, 1.165) is 50.6 Å². The van der Waals surface area contributed by atoms with Crippen LogP contribution in [0.2, 0.25) is 0 Å². The maximum atomic E-state index is 12.6. The zero-order chi connectivity index (χ0) is 19.2. The minimum atomic E-state index is -0.548. The quantitative estimate of drug-likeness (QED) is 0.709. The number of ether oxygens (including phenoxy) is 1. The number of aromatic nitrogens is 1. The highest BCUT2D eigenvalue weighted by Crippen LogP contribution is 2.30. The number of hydrogen-bond acceptors (Lipinski definition) is 4. The molecular weight excluding hydrogens is 330 g/mol. The van der Waals surface area contributed by atoms with Crippen molar-refractivity contribution < 1.29 is 14.3 Å². The van der Waals surface area contributed by atoms with Gasteiger partial charge in [0, 0.05) is 19.3 Å². The second-order valence-corrected chi connectivity index (χ2v) is 7.79. The first-order chi connectivity index (χ1) is 12.4. The number of rotatable bonds is 6. The molecule has 0 N–H and O–H groups in total. The number of unbranched alkanes of at least 4 members (excludes halogenated alkanes) is 1. The van der Waals surface area contributed by atoms with Gasteiger partial charge in [0.05, 0.1) is 6.04 Å². The van der Waals surface area contributed by atoms with E-state index >= 15 is 0 Å². The molecular formula is C20H31N3O3. The van der Waals surface area contributed by atoms with Crippen molar-refractivity contribution in [3.8, 4) is 0 Å². The number of carbonyl (C=O) groups excluding carboxylic acids is 2. The average Bonchev–Trinajstić information content (AvgIpc) is 2.61. The Hall–Kier alpha value is -2.11. The molecule has 2 amide bonds. The average molecular weight is 361 g/mol. The lowest BCUT2D eigenvalue weighted by molar-refractivity contribution is -0.121. The van der Waals surface area contributed by atoms with E-state index in [0.29, 0.717) is 12.4 Å². The van der Waals surface area contributed by atoms with Crippen molar-refractivity contribution in [1.82, 2.24) is 9.88 Å². The molecule has 144 valence electrons. The van der Waals surface area contributed by atoms with Gasteiger partial charge in [-0.1, -0.05) is 19.4 Å². The number of nitrogens with zero attached hydrogens (tertiary/aromatic N) is 3. The van der Waals surface area contributed by atoms with Gasteiger partial charge in [-0.2, -0.15) is 0 Å². The van der Waals surface area contributed by atoms with Gasteiger partial charge in [0.25, 0.3) is 0 Å². The summed E-state index contributed by atoms with van der Waals surface area (Å²) in [5.41, 5.74) is 0.466. The molecule has 6 heteroatoms. The number of piperidine rings is 1. The highest BCUT2D eigenvalue weighted by atomic mass is 16.6. The van der Waals surface area contributed by atoms with Gasteiger partial charge in [-0.05, 0) is 58.1 Å². The second-order valence-electron chi connectivity index (χ2n) is 7.79. The predicted molar refractivity (Wildman–Crippen MR) is 102 cm³/mol. The smallest absolute Gasteiger partial charge is 0.416 e. The molecule has 0 spiro atoms. The molecule has 2 heterocycles. The Kier molecular flexibility index (Phi) is 7.00. The van der Waals surface area contributed by atoms with Crippen LogP contribution in [-0.2, 0) is 9.53 Å². The van der Waals surface area contributed by atoms with E-state index in [2.05, 4.69) is 11.9 Å². The first kappa shape index (κ1) is 20.2. The number of anilines is 1. The summed E-state index contributed by atoms with van der Waals surface area (Å²) in [6.07, 6.45) is 7.29. The fraction of sp³-hybridized carbons (Fsp3) is 0.650. The molecule has 6 nitrogen and oxygen atoms in total. The molecule has 0 aliphatic carbocycles. The molecule has 1 aliphatic heterocycles. The van der Waals surface area contributed by atoms with Crippen molar-refractivity contribution in [2.45, 2.75) is 71.4 Å². The van der Waals surface area contributed by atoms with Crippen LogP contribution in [-0.4, -0.2) is 41.1 Å². The van der Waals surface area contributed by atoms with E-state index in [1.54, 1.807) is 11.1 Å². The van der Waals surface area contributed by atoms with Gasteiger partial charge in [0.15, 0.2) is 0 Å². The van der Waals surface area contributed by atoms with E-state index in [-0.39, 0.29) is 12.1 Å². The summed E-state index contributed by atoms with van der Waals surface area (Å²) in [7, 11) is 0. The summed E-state index contributed by atoms with van der Waals surface area (Å²) in [6, 6.07) is 3.90. The predicted octanol–water partition coefficient (Wildman–Crippen LogP) is 4.31. The Morgan fingerprint density at radius 3 is 2.73 bits per heavy atom. The SMILES string of the molecule is CCCCN(C(=O)OC(C)(C)C)c1ccc([C@@H]2CCCCN2C=O)cn1. The van der Waals surface area contributed by atoms with Crippen LogP contribution in [0.15, 0.2) is 18.3 Å². The maximum Gasteiger partial charge on any atom is 0.416 e. The first-order valence-corrected chi connectivity index (χ1v) is 9.53. The molecule has 0 radical (unpaired) electrons. The van der Waals surface area contributed by atoms with Crippen LogP contribution in [0.4, 0.5) is 10.6 Å². The molecule has 0 unspecified atom stereocenters. The van der Waals surface area contributed by atoms with Crippen molar-refractivity contribution in [3.63, 3.8) is 0 Å². The van der Waals surface area contributed by atoms with Crippen LogP contribution in [0.25, 0.3) is 0 Å². The fourth-order valence-electron chi connectivity index (χ4n) is 3.12. The summed E-state index contributed by atoms with van der Waals surface area (Å²) in [5, 5.41) is 0. The highest BCUT2D eigenvalue weighted by Gasteiger charge is 2.26. The van der Waals surface area contributed by atoms with Crippen molar-refractivity contribution in [1.29, 1.82) is 0 Å². The Morgan fingerprint density at radius 2 is 2.15 bits per heavy atom. The number of carbonyl (C=O) groups is 2. The minimum Gasteiger partial charge on any atom is -0.443 e. The Labute approximate surface area is 156 Å².